The second-order valence-electron chi connectivity index (χ2n) is 6.16. The van der Waals surface area contributed by atoms with Gasteiger partial charge in [0.05, 0.1) is 13.0 Å². The van der Waals surface area contributed by atoms with E-state index in [1.807, 2.05) is 29.2 Å². The first-order valence-corrected chi connectivity index (χ1v) is 7.75. The van der Waals surface area contributed by atoms with Crippen molar-refractivity contribution < 1.29 is 19.4 Å². The Labute approximate surface area is 129 Å². The Morgan fingerprint density at radius 3 is 2.64 bits per heavy atom. The second-order valence-corrected chi connectivity index (χ2v) is 6.16. The molecule has 1 N–H and O–H groups in total. The number of ether oxygens (including phenoxy) is 1. The maximum absolute atomic E-state index is 12.5. The molecule has 118 valence electrons. The summed E-state index contributed by atoms with van der Waals surface area (Å²) in [7, 11) is 1.64. The van der Waals surface area contributed by atoms with E-state index in [1.165, 1.54) is 0 Å². The van der Waals surface area contributed by atoms with E-state index in [0.29, 0.717) is 25.9 Å². The van der Waals surface area contributed by atoms with Crippen molar-refractivity contribution in [2.75, 3.05) is 20.2 Å². The van der Waals surface area contributed by atoms with Crippen molar-refractivity contribution in [1.82, 2.24) is 4.90 Å². The van der Waals surface area contributed by atoms with Gasteiger partial charge in [0, 0.05) is 19.0 Å². The number of benzene rings is 1. The number of piperidine rings is 1. The summed E-state index contributed by atoms with van der Waals surface area (Å²) in [6.45, 7) is 1.13. The summed E-state index contributed by atoms with van der Waals surface area (Å²) in [5, 5.41) is 9.01. The molecule has 5 nitrogen and oxygen atoms in total. The van der Waals surface area contributed by atoms with E-state index in [2.05, 4.69) is 0 Å². The van der Waals surface area contributed by atoms with Crippen LogP contribution in [0.1, 0.15) is 30.7 Å². The lowest BCUT2D eigenvalue weighted by atomic mass is 9.96. The SMILES string of the molecule is COc1cccc([C@@H]2C[C@@H]2C(=O)N2CCC(C(=O)O)CC2)c1. The van der Waals surface area contributed by atoms with Gasteiger partial charge in [-0.2, -0.15) is 0 Å². The number of aliphatic carboxylic acids is 1. The zero-order chi connectivity index (χ0) is 15.7. The Balaban J connectivity index is 1.58. The van der Waals surface area contributed by atoms with Gasteiger partial charge in [-0.1, -0.05) is 12.1 Å². The van der Waals surface area contributed by atoms with Gasteiger partial charge in [0.2, 0.25) is 5.91 Å². The van der Waals surface area contributed by atoms with Crippen LogP contribution in [0.3, 0.4) is 0 Å². The highest BCUT2D eigenvalue weighted by molar-refractivity contribution is 5.83. The number of hydrogen-bond acceptors (Lipinski definition) is 3. The minimum absolute atomic E-state index is 0.0495. The van der Waals surface area contributed by atoms with Crippen molar-refractivity contribution in [3.63, 3.8) is 0 Å². The third-order valence-electron chi connectivity index (χ3n) is 4.79. The van der Waals surface area contributed by atoms with Crippen LogP contribution < -0.4 is 4.74 Å². The summed E-state index contributed by atoms with van der Waals surface area (Å²) in [6.07, 6.45) is 2.01. The molecular formula is C17H21NO4. The molecule has 0 radical (unpaired) electrons. The molecule has 1 aliphatic carbocycles. The van der Waals surface area contributed by atoms with Crippen LogP contribution in [-0.2, 0) is 9.59 Å². The summed E-state index contributed by atoms with van der Waals surface area (Å²) in [4.78, 5) is 25.3. The molecule has 1 amide bonds. The van der Waals surface area contributed by atoms with Crippen LogP contribution in [0.4, 0.5) is 0 Å². The molecule has 0 spiro atoms. The van der Waals surface area contributed by atoms with Crippen molar-refractivity contribution in [3.05, 3.63) is 29.8 Å². The van der Waals surface area contributed by atoms with E-state index >= 15 is 0 Å². The van der Waals surface area contributed by atoms with Crippen LogP contribution in [0.25, 0.3) is 0 Å². The fraction of sp³-hybridized carbons (Fsp3) is 0.529. The lowest BCUT2D eigenvalue weighted by molar-refractivity contribution is -0.146. The summed E-state index contributed by atoms with van der Waals surface area (Å²) in [5.41, 5.74) is 1.15. The largest absolute Gasteiger partial charge is 0.497 e. The van der Waals surface area contributed by atoms with Crippen molar-refractivity contribution in [2.45, 2.75) is 25.2 Å². The molecule has 0 bridgehead atoms. The lowest BCUT2D eigenvalue weighted by Crippen LogP contribution is -2.41. The van der Waals surface area contributed by atoms with E-state index in [-0.39, 0.29) is 23.7 Å². The van der Waals surface area contributed by atoms with Gasteiger partial charge >= 0.3 is 5.97 Å². The molecule has 5 heteroatoms. The highest BCUT2D eigenvalue weighted by Crippen LogP contribution is 2.49. The first-order valence-electron chi connectivity index (χ1n) is 7.75. The van der Waals surface area contributed by atoms with Crippen molar-refractivity contribution in [1.29, 1.82) is 0 Å². The molecule has 0 unspecified atom stereocenters. The Morgan fingerprint density at radius 2 is 2.00 bits per heavy atom. The summed E-state index contributed by atoms with van der Waals surface area (Å²) >= 11 is 0. The van der Waals surface area contributed by atoms with Gasteiger partial charge in [0.1, 0.15) is 5.75 Å². The molecule has 0 aromatic heterocycles. The number of nitrogens with zero attached hydrogens (tertiary/aromatic N) is 1. The number of carboxylic acid groups (broad SMARTS) is 1. The molecule has 1 aromatic carbocycles. The lowest BCUT2D eigenvalue weighted by Gasteiger charge is -2.30. The molecule has 1 saturated heterocycles. The molecule has 1 heterocycles. The van der Waals surface area contributed by atoms with Gasteiger partial charge in [-0.3, -0.25) is 9.59 Å². The predicted molar refractivity (Wildman–Crippen MR) is 80.8 cm³/mol. The highest BCUT2D eigenvalue weighted by Gasteiger charge is 2.46. The normalized spacial score (nSPS) is 24.9. The van der Waals surface area contributed by atoms with Gasteiger partial charge in [0.15, 0.2) is 0 Å². The van der Waals surface area contributed by atoms with E-state index in [0.717, 1.165) is 17.7 Å². The number of carbonyl (C=O) groups excluding carboxylic acids is 1. The summed E-state index contributed by atoms with van der Waals surface area (Å²) in [6, 6.07) is 7.89. The zero-order valence-electron chi connectivity index (χ0n) is 12.7. The van der Waals surface area contributed by atoms with Crippen LogP contribution in [0.5, 0.6) is 5.75 Å². The Kier molecular flexibility index (Phi) is 4.05. The van der Waals surface area contributed by atoms with Crippen molar-refractivity contribution >= 4 is 11.9 Å². The van der Waals surface area contributed by atoms with Crippen molar-refractivity contribution in [2.24, 2.45) is 11.8 Å². The van der Waals surface area contributed by atoms with Gasteiger partial charge in [0.25, 0.3) is 0 Å². The minimum Gasteiger partial charge on any atom is -0.497 e. The fourth-order valence-corrected chi connectivity index (χ4v) is 3.29. The number of methoxy groups -OCH3 is 1. The molecule has 2 atom stereocenters. The third kappa shape index (κ3) is 2.93. The maximum atomic E-state index is 12.5. The van der Waals surface area contributed by atoms with Gasteiger partial charge in [-0.15, -0.1) is 0 Å². The van der Waals surface area contributed by atoms with Crippen LogP contribution >= 0.6 is 0 Å². The average molecular weight is 303 g/mol. The Morgan fingerprint density at radius 1 is 1.27 bits per heavy atom. The van der Waals surface area contributed by atoms with Crippen LogP contribution in [0, 0.1) is 11.8 Å². The van der Waals surface area contributed by atoms with Crippen molar-refractivity contribution in [3.8, 4) is 5.75 Å². The smallest absolute Gasteiger partial charge is 0.306 e. The van der Waals surface area contributed by atoms with Crippen LogP contribution in [0.2, 0.25) is 0 Å². The molecule has 2 fully saturated rings. The van der Waals surface area contributed by atoms with Gasteiger partial charge in [-0.25, -0.2) is 0 Å². The van der Waals surface area contributed by atoms with E-state index in [4.69, 9.17) is 9.84 Å². The zero-order valence-corrected chi connectivity index (χ0v) is 12.7. The Hall–Kier alpha value is -2.04. The topological polar surface area (TPSA) is 66.8 Å². The van der Waals surface area contributed by atoms with Gasteiger partial charge < -0.3 is 14.7 Å². The highest BCUT2D eigenvalue weighted by atomic mass is 16.5. The average Bonchev–Trinajstić information content (AvgIpc) is 3.35. The quantitative estimate of drug-likeness (QED) is 0.925. The Bertz CT molecular complexity index is 578. The monoisotopic (exact) mass is 303 g/mol. The molecule has 3 rings (SSSR count). The number of carboxylic acids is 1. The number of carbonyl (C=O) groups is 2. The van der Waals surface area contributed by atoms with Crippen LogP contribution in [0.15, 0.2) is 24.3 Å². The third-order valence-corrected chi connectivity index (χ3v) is 4.79. The maximum Gasteiger partial charge on any atom is 0.306 e. The first kappa shape index (κ1) is 14.9. The molecule has 1 saturated carbocycles. The number of hydrogen-bond donors (Lipinski definition) is 1. The number of rotatable bonds is 4. The molecule has 2 aliphatic rings. The summed E-state index contributed by atoms with van der Waals surface area (Å²) in [5.74, 6) is 0.285. The van der Waals surface area contributed by atoms with Crippen LogP contribution in [-0.4, -0.2) is 42.1 Å². The first-order chi connectivity index (χ1) is 10.6. The summed E-state index contributed by atoms with van der Waals surface area (Å²) < 4.78 is 5.23. The standard InChI is InChI=1S/C17H21NO4/c1-22-13-4-2-3-12(9-13)14-10-15(14)16(19)18-7-5-11(6-8-18)17(20)21/h2-4,9,11,14-15H,5-8,10H2,1H3,(H,20,21)/t14-,15-/m0/s1. The van der Waals surface area contributed by atoms with E-state index in [9.17, 15) is 9.59 Å². The predicted octanol–water partition coefficient (Wildman–Crippen LogP) is 2.12. The fourth-order valence-electron chi connectivity index (χ4n) is 3.29. The molecular weight excluding hydrogens is 282 g/mol. The number of likely N-dealkylation sites (tertiary alicyclic amines) is 1. The molecule has 22 heavy (non-hydrogen) atoms. The molecule has 1 aromatic rings. The minimum atomic E-state index is -0.743. The second kappa shape index (κ2) is 5.99. The molecule has 1 aliphatic heterocycles. The number of amides is 1. The van der Waals surface area contributed by atoms with E-state index < -0.39 is 5.97 Å². The van der Waals surface area contributed by atoms with Gasteiger partial charge in [-0.05, 0) is 42.9 Å². The van der Waals surface area contributed by atoms with E-state index in [1.54, 1.807) is 7.11 Å².